The van der Waals surface area contributed by atoms with Crippen LogP contribution in [0.15, 0.2) is 0 Å². The average Bonchev–Trinajstić information content (AvgIpc) is 2.95. The number of carboxylic acids is 1. The predicted octanol–water partition coefficient (Wildman–Crippen LogP) is 0.997. The predicted molar refractivity (Wildman–Crippen MR) is 73.3 cm³/mol. The number of piperidine rings is 1. The van der Waals surface area contributed by atoms with E-state index in [9.17, 15) is 14.7 Å². The molecule has 0 aromatic heterocycles. The number of aliphatic carboxylic acids is 1. The van der Waals surface area contributed by atoms with Gasteiger partial charge in [0.15, 0.2) is 0 Å². The van der Waals surface area contributed by atoms with E-state index in [1.165, 1.54) is 0 Å². The maximum Gasteiger partial charge on any atom is 0.320 e. The van der Waals surface area contributed by atoms with E-state index in [-0.39, 0.29) is 18.6 Å². The van der Waals surface area contributed by atoms with Gasteiger partial charge in [-0.2, -0.15) is 0 Å². The zero-order valence-electron chi connectivity index (χ0n) is 12.0. The third kappa shape index (κ3) is 2.75. The van der Waals surface area contributed by atoms with Crippen LogP contribution in [0.2, 0.25) is 0 Å². The van der Waals surface area contributed by atoms with Crippen molar-refractivity contribution in [1.82, 2.24) is 9.80 Å². The van der Waals surface area contributed by atoms with Gasteiger partial charge in [-0.3, -0.25) is 4.79 Å². The highest BCUT2D eigenvalue weighted by Crippen LogP contribution is 2.34. The number of nitrogens with zero attached hydrogens (tertiary/aromatic N) is 2. The van der Waals surface area contributed by atoms with Crippen LogP contribution >= 0.6 is 0 Å². The monoisotopic (exact) mass is 284 g/mol. The number of hydrogen-bond donors (Lipinski definition) is 2. The minimum absolute atomic E-state index is 0.0697. The summed E-state index contributed by atoms with van der Waals surface area (Å²) in [5, 5.41) is 18.6. The van der Waals surface area contributed by atoms with Gasteiger partial charge in [-0.1, -0.05) is 6.92 Å². The molecule has 20 heavy (non-hydrogen) atoms. The van der Waals surface area contributed by atoms with E-state index >= 15 is 0 Å². The van der Waals surface area contributed by atoms with Gasteiger partial charge >= 0.3 is 12.0 Å². The van der Waals surface area contributed by atoms with Gasteiger partial charge in [-0.25, -0.2) is 4.79 Å². The maximum atomic E-state index is 12.5. The summed E-state index contributed by atoms with van der Waals surface area (Å²) >= 11 is 0. The zero-order chi connectivity index (χ0) is 14.8. The lowest BCUT2D eigenvalue weighted by Crippen LogP contribution is -2.53. The third-order valence-electron chi connectivity index (χ3n) is 4.79. The van der Waals surface area contributed by atoms with Crippen molar-refractivity contribution in [2.45, 2.75) is 32.6 Å². The van der Waals surface area contributed by atoms with Gasteiger partial charge in [0, 0.05) is 38.7 Å². The molecule has 2 atom stereocenters. The van der Waals surface area contributed by atoms with Crippen molar-refractivity contribution in [1.29, 1.82) is 0 Å². The number of carboxylic acid groups (broad SMARTS) is 1. The summed E-state index contributed by atoms with van der Waals surface area (Å²) < 4.78 is 0. The first-order chi connectivity index (χ1) is 9.52. The fraction of sp³-hybridized carbons (Fsp3) is 0.857. The molecule has 0 spiro atoms. The lowest BCUT2D eigenvalue weighted by Gasteiger charge is -2.40. The Kier molecular flexibility index (Phi) is 4.52. The number of carbonyl (C=O) groups excluding carboxylic acids is 1. The third-order valence-corrected chi connectivity index (χ3v) is 4.79. The lowest BCUT2D eigenvalue weighted by atomic mass is 9.78. The van der Waals surface area contributed by atoms with E-state index < -0.39 is 11.4 Å². The molecule has 2 rings (SSSR count). The topological polar surface area (TPSA) is 81.1 Å². The summed E-state index contributed by atoms with van der Waals surface area (Å²) in [7, 11) is 0. The molecule has 2 saturated heterocycles. The van der Waals surface area contributed by atoms with E-state index in [1.54, 1.807) is 9.80 Å². The van der Waals surface area contributed by atoms with Gasteiger partial charge in [0.1, 0.15) is 0 Å². The Labute approximate surface area is 119 Å². The van der Waals surface area contributed by atoms with Crippen LogP contribution in [-0.2, 0) is 4.79 Å². The standard InChI is InChI=1S/C14H24N2O4/c1-2-14(12(18)19)5-3-6-16(10-14)13(20)15-7-4-11(8-15)9-17/h11,17H,2-10H2,1H3,(H,18,19). The van der Waals surface area contributed by atoms with Crippen molar-refractivity contribution >= 4 is 12.0 Å². The molecule has 2 amide bonds. The van der Waals surface area contributed by atoms with Gasteiger partial charge in [0.25, 0.3) is 0 Å². The zero-order valence-corrected chi connectivity index (χ0v) is 12.0. The van der Waals surface area contributed by atoms with Gasteiger partial charge < -0.3 is 20.0 Å². The Morgan fingerprint density at radius 2 is 2.05 bits per heavy atom. The molecule has 2 unspecified atom stereocenters. The Balaban J connectivity index is 2.02. The second-order valence-corrected chi connectivity index (χ2v) is 6.03. The summed E-state index contributed by atoms with van der Waals surface area (Å²) in [6.07, 6.45) is 2.75. The molecule has 0 bridgehead atoms. The number of likely N-dealkylation sites (tertiary alicyclic amines) is 2. The van der Waals surface area contributed by atoms with Gasteiger partial charge in [-0.15, -0.1) is 0 Å². The fourth-order valence-corrected chi connectivity index (χ4v) is 3.26. The number of aliphatic hydroxyl groups excluding tert-OH is 1. The summed E-state index contributed by atoms with van der Waals surface area (Å²) in [6.45, 7) is 4.16. The van der Waals surface area contributed by atoms with Crippen molar-refractivity contribution < 1.29 is 19.8 Å². The smallest absolute Gasteiger partial charge is 0.320 e. The normalized spacial score (nSPS) is 30.6. The minimum atomic E-state index is -0.799. The highest BCUT2D eigenvalue weighted by molar-refractivity contribution is 5.79. The molecule has 0 aliphatic carbocycles. The summed E-state index contributed by atoms with van der Waals surface area (Å²) in [5.41, 5.74) is -0.788. The van der Waals surface area contributed by atoms with E-state index in [1.807, 2.05) is 6.92 Å². The first kappa shape index (κ1) is 15.1. The van der Waals surface area contributed by atoms with Crippen LogP contribution in [0, 0.1) is 11.3 Å². The Hall–Kier alpha value is -1.30. The van der Waals surface area contributed by atoms with Crippen molar-refractivity contribution in [2.24, 2.45) is 11.3 Å². The lowest BCUT2D eigenvalue weighted by molar-refractivity contribution is -0.152. The number of urea groups is 1. The van der Waals surface area contributed by atoms with Crippen molar-refractivity contribution in [2.75, 3.05) is 32.8 Å². The summed E-state index contributed by atoms with van der Waals surface area (Å²) in [4.78, 5) is 27.4. The van der Waals surface area contributed by atoms with Crippen LogP contribution in [0.25, 0.3) is 0 Å². The average molecular weight is 284 g/mol. The number of amides is 2. The van der Waals surface area contributed by atoms with Crippen LogP contribution in [0.4, 0.5) is 4.79 Å². The van der Waals surface area contributed by atoms with Crippen LogP contribution in [0.3, 0.4) is 0 Å². The summed E-state index contributed by atoms with van der Waals surface area (Å²) in [6, 6.07) is -0.0697. The molecule has 0 aromatic rings. The SMILES string of the molecule is CCC1(C(=O)O)CCCN(C(=O)N2CCC(CO)C2)C1. The molecular formula is C14H24N2O4. The molecule has 2 aliphatic heterocycles. The Morgan fingerprint density at radius 1 is 1.30 bits per heavy atom. The molecule has 2 N–H and O–H groups in total. The van der Waals surface area contributed by atoms with E-state index in [4.69, 9.17) is 5.11 Å². The van der Waals surface area contributed by atoms with Crippen LogP contribution in [0.1, 0.15) is 32.6 Å². The highest BCUT2D eigenvalue weighted by atomic mass is 16.4. The Bertz CT molecular complexity index is 387. The van der Waals surface area contributed by atoms with E-state index in [0.29, 0.717) is 39.0 Å². The van der Waals surface area contributed by atoms with Gasteiger partial charge in [0.2, 0.25) is 0 Å². The van der Waals surface area contributed by atoms with Crippen LogP contribution in [0.5, 0.6) is 0 Å². The molecular weight excluding hydrogens is 260 g/mol. The molecule has 6 heteroatoms. The molecule has 114 valence electrons. The van der Waals surface area contributed by atoms with Crippen LogP contribution in [-0.4, -0.2) is 64.8 Å². The first-order valence-corrected chi connectivity index (χ1v) is 7.40. The highest BCUT2D eigenvalue weighted by Gasteiger charge is 2.43. The molecule has 2 fully saturated rings. The molecule has 2 heterocycles. The number of rotatable bonds is 3. The van der Waals surface area contributed by atoms with Crippen molar-refractivity contribution in [3.8, 4) is 0 Å². The number of carbonyl (C=O) groups is 2. The van der Waals surface area contributed by atoms with Crippen molar-refractivity contribution in [3.05, 3.63) is 0 Å². The molecule has 0 aromatic carbocycles. The van der Waals surface area contributed by atoms with E-state index in [2.05, 4.69) is 0 Å². The minimum Gasteiger partial charge on any atom is -0.481 e. The summed E-state index contributed by atoms with van der Waals surface area (Å²) in [5.74, 6) is -0.633. The Morgan fingerprint density at radius 3 is 2.60 bits per heavy atom. The molecule has 0 saturated carbocycles. The number of hydrogen-bond acceptors (Lipinski definition) is 3. The quantitative estimate of drug-likeness (QED) is 0.810. The molecule has 6 nitrogen and oxygen atoms in total. The molecule has 2 aliphatic rings. The van der Waals surface area contributed by atoms with Crippen molar-refractivity contribution in [3.63, 3.8) is 0 Å². The first-order valence-electron chi connectivity index (χ1n) is 7.40. The van der Waals surface area contributed by atoms with Gasteiger partial charge in [-0.05, 0) is 25.7 Å². The fourth-order valence-electron chi connectivity index (χ4n) is 3.26. The van der Waals surface area contributed by atoms with Crippen LogP contribution < -0.4 is 0 Å². The largest absolute Gasteiger partial charge is 0.481 e. The second-order valence-electron chi connectivity index (χ2n) is 6.03. The molecule has 0 radical (unpaired) electrons. The second kappa shape index (κ2) is 5.99. The maximum absolute atomic E-state index is 12.5. The van der Waals surface area contributed by atoms with E-state index in [0.717, 1.165) is 12.8 Å². The van der Waals surface area contributed by atoms with Gasteiger partial charge in [0.05, 0.1) is 5.41 Å². The number of aliphatic hydroxyl groups is 1.